The molecular weight excluding hydrogens is 396 g/mol. The summed E-state index contributed by atoms with van der Waals surface area (Å²) in [5.74, 6) is 8.30. The lowest BCUT2D eigenvalue weighted by atomic mass is 9.84. The van der Waals surface area contributed by atoms with Gasteiger partial charge in [-0.3, -0.25) is 4.98 Å². The summed E-state index contributed by atoms with van der Waals surface area (Å²) in [5.41, 5.74) is 12.4. The molecule has 32 heavy (non-hydrogen) atoms. The van der Waals surface area contributed by atoms with E-state index in [-0.39, 0.29) is 0 Å². The lowest BCUT2D eigenvalue weighted by molar-refractivity contribution is 0.356. The highest BCUT2D eigenvalue weighted by Gasteiger charge is 2.17. The van der Waals surface area contributed by atoms with E-state index in [4.69, 9.17) is 16.6 Å². The van der Waals surface area contributed by atoms with Crippen molar-refractivity contribution in [2.75, 3.05) is 20.6 Å². The van der Waals surface area contributed by atoms with Crippen LogP contribution in [0.4, 0.5) is 0 Å². The molecule has 0 saturated heterocycles. The maximum absolute atomic E-state index is 6.55. The normalized spacial score (nSPS) is 16.8. The van der Waals surface area contributed by atoms with Crippen LogP contribution in [0.1, 0.15) is 69.8 Å². The average molecular weight is 441 g/mol. The summed E-state index contributed by atoms with van der Waals surface area (Å²) < 4.78 is 0. The molecule has 0 aliphatic heterocycles. The Morgan fingerprint density at radius 3 is 2.47 bits per heavy atom. The summed E-state index contributed by atoms with van der Waals surface area (Å²) >= 11 is 0. The van der Waals surface area contributed by atoms with Crippen molar-refractivity contribution in [1.82, 2.24) is 20.6 Å². The van der Waals surface area contributed by atoms with Gasteiger partial charge in [0.05, 0.1) is 29.5 Å². The lowest BCUT2D eigenvalue weighted by Crippen LogP contribution is -2.36. The van der Waals surface area contributed by atoms with Crippen molar-refractivity contribution < 1.29 is 0 Å². The maximum atomic E-state index is 6.55. The molecule has 0 unspecified atom stereocenters. The van der Waals surface area contributed by atoms with Gasteiger partial charge < -0.3 is 21.4 Å². The number of nitrogens with zero attached hydrogens (tertiary/aromatic N) is 2. The summed E-state index contributed by atoms with van der Waals surface area (Å²) in [7, 11) is 3.71. The smallest absolute Gasteiger partial charge is 0.0989 e. The second-order valence-corrected chi connectivity index (χ2v) is 9.23. The molecule has 1 aliphatic carbocycles. The Morgan fingerprint density at radius 1 is 1.25 bits per heavy atom. The minimum atomic E-state index is 0.446. The Hall–Kier alpha value is -2.47. The predicted molar refractivity (Wildman–Crippen MR) is 136 cm³/mol. The molecule has 0 amide bonds. The van der Waals surface area contributed by atoms with Crippen molar-refractivity contribution in [2.24, 2.45) is 23.4 Å². The number of pyridine rings is 1. The van der Waals surface area contributed by atoms with Gasteiger partial charge in [-0.1, -0.05) is 58.1 Å². The number of hydrogen-bond acceptors (Lipinski definition) is 6. The van der Waals surface area contributed by atoms with Gasteiger partial charge in [0.1, 0.15) is 0 Å². The summed E-state index contributed by atoms with van der Waals surface area (Å²) in [6.07, 6.45) is 12.2. The number of rotatable bonds is 10. The van der Waals surface area contributed by atoms with E-state index in [0.29, 0.717) is 18.2 Å². The molecule has 6 nitrogen and oxygen atoms in total. The molecule has 1 fully saturated rings. The lowest BCUT2D eigenvalue weighted by Gasteiger charge is -2.23. The number of nitrogens with two attached hydrogens (primary N) is 2. The van der Waals surface area contributed by atoms with Crippen LogP contribution in [0.2, 0.25) is 0 Å². The van der Waals surface area contributed by atoms with Gasteiger partial charge in [-0.05, 0) is 55.4 Å². The molecular formula is C26H44N6. The van der Waals surface area contributed by atoms with Crippen molar-refractivity contribution in [3.05, 3.63) is 58.3 Å². The van der Waals surface area contributed by atoms with Gasteiger partial charge in [-0.2, -0.15) is 0 Å². The molecule has 1 aromatic rings. The number of allylic oxidation sites excluding steroid dienone is 3. The number of likely N-dealkylation sites (N-methyl/N-ethyl adjacent to an activating group) is 1. The first kappa shape index (κ1) is 25.8. The number of aryl methyl sites for hydroxylation is 1. The first-order valence-corrected chi connectivity index (χ1v) is 12.0. The van der Waals surface area contributed by atoms with Crippen molar-refractivity contribution >= 4 is 5.70 Å². The predicted octanol–water partition coefficient (Wildman–Crippen LogP) is 4.20. The summed E-state index contributed by atoms with van der Waals surface area (Å²) in [6.45, 7) is 9.00. The Kier molecular flexibility index (Phi) is 10.1. The van der Waals surface area contributed by atoms with Gasteiger partial charge in [0.2, 0.25) is 0 Å². The maximum Gasteiger partial charge on any atom is 0.0989 e. The standard InChI is InChI=1S/C26H44N6/c1-7-21(18(2)3)16-25(29-5)30-17-24(32(6)28)26(27)23-14-13-22(19(4)31-23)15-20-11-9-8-10-12-20/h7,13-14,16,18,20,29-30H,8-12,15,17,27-28H2,1-6H3/b21-7+,25-16+,26-24-. The van der Waals surface area contributed by atoms with Crippen LogP contribution >= 0.6 is 0 Å². The fourth-order valence-electron chi connectivity index (χ4n) is 4.36. The molecule has 1 aromatic heterocycles. The van der Waals surface area contributed by atoms with E-state index in [0.717, 1.165) is 35.2 Å². The fourth-order valence-corrected chi connectivity index (χ4v) is 4.36. The molecule has 0 bridgehead atoms. The number of aromatic nitrogens is 1. The number of hydrogen-bond donors (Lipinski definition) is 4. The quantitative estimate of drug-likeness (QED) is 0.248. The summed E-state index contributed by atoms with van der Waals surface area (Å²) in [4.78, 5) is 4.84. The largest absolute Gasteiger partial charge is 0.395 e. The number of nitrogens with one attached hydrogen (secondary N) is 2. The summed E-state index contributed by atoms with van der Waals surface area (Å²) in [6, 6.07) is 4.23. The highest BCUT2D eigenvalue weighted by Crippen LogP contribution is 2.28. The van der Waals surface area contributed by atoms with Gasteiger partial charge in [-0.25, -0.2) is 5.84 Å². The van der Waals surface area contributed by atoms with E-state index in [9.17, 15) is 0 Å². The molecule has 0 atom stereocenters. The van der Waals surface area contributed by atoms with Crippen molar-refractivity contribution in [2.45, 2.75) is 66.2 Å². The third-order valence-corrected chi connectivity index (χ3v) is 6.47. The van der Waals surface area contributed by atoms with Crippen LogP contribution in [-0.2, 0) is 6.42 Å². The van der Waals surface area contributed by atoms with E-state index < -0.39 is 0 Å². The molecule has 1 heterocycles. The Bertz CT molecular complexity index is 829. The molecule has 6 N–H and O–H groups in total. The van der Waals surface area contributed by atoms with E-state index in [1.54, 1.807) is 5.01 Å². The SMILES string of the molecule is C/C=C(\C=C(/NC)NC/C(=C(/N)c1ccc(CC2CCCCC2)c(C)n1)N(C)N)C(C)C. The summed E-state index contributed by atoms with van der Waals surface area (Å²) in [5, 5.41) is 8.22. The monoisotopic (exact) mass is 440 g/mol. The van der Waals surface area contributed by atoms with E-state index in [1.807, 2.05) is 20.2 Å². The van der Waals surface area contributed by atoms with Gasteiger partial charge in [-0.15, -0.1) is 0 Å². The molecule has 0 aromatic carbocycles. The second-order valence-electron chi connectivity index (χ2n) is 9.23. The molecule has 178 valence electrons. The molecule has 1 saturated carbocycles. The number of hydrazine groups is 1. The highest BCUT2D eigenvalue weighted by molar-refractivity contribution is 5.63. The van der Waals surface area contributed by atoms with Gasteiger partial charge in [0.15, 0.2) is 0 Å². The molecule has 2 rings (SSSR count). The van der Waals surface area contributed by atoms with Gasteiger partial charge >= 0.3 is 0 Å². The molecule has 0 radical (unpaired) electrons. The van der Waals surface area contributed by atoms with E-state index >= 15 is 0 Å². The van der Waals surface area contributed by atoms with Crippen molar-refractivity contribution in [3.63, 3.8) is 0 Å². The zero-order valence-electron chi connectivity index (χ0n) is 21.0. The first-order valence-electron chi connectivity index (χ1n) is 12.0. The third kappa shape index (κ3) is 7.30. The average Bonchev–Trinajstić information content (AvgIpc) is 2.77. The Labute approximate surface area is 195 Å². The second kappa shape index (κ2) is 12.5. The molecule has 6 heteroatoms. The van der Waals surface area contributed by atoms with Crippen LogP contribution in [0.3, 0.4) is 0 Å². The Balaban J connectivity index is 2.19. The van der Waals surface area contributed by atoms with Gasteiger partial charge in [0, 0.05) is 19.8 Å². The van der Waals surface area contributed by atoms with Gasteiger partial charge in [0.25, 0.3) is 0 Å². The zero-order chi connectivity index (χ0) is 23.7. The van der Waals surface area contributed by atoms with E-state index in [2.05, 4.69) is 56.5 Å². The highest BCUT2D eigenvalue weighted by atomic mass is 15.4. The van der Waals surface area contributed by atoms with Crippen LogP contribution in [-0.4, -0.2) is 30.6 Å². The van der Waals surface area contributed by atoms with Crippen LogP contribution < -0.4 is 22.2 Å². The van der Waals surface area contributed by atoms with Crippen LogP contribution in [0.15, 0.2) is 41.4 Å². The molecule has 0 spiro atoms. The fraction of sp³-hybridized carbons (Fsp3) is 0.577. The third-order valence-electron chi connectivity index (χ3n) is 6.47. The van der Waals surface area contributed by atoms with Crippen molar-refractivity contribution in [3.8, 4) is 0 Å². The minimum Gasteiger partial charge on any atom is -0.395 e. The Morgan fingerprint density at radius 2 is 1.94 bits per heavy atom. The van der Waals surface area contributed by atoms with Crippen molar-refractivity contribution in [1.29, 1.82) is 0 Å². The minimum absolute atomic E-state index is 0.446. The van der Waals surface area contributed by atoms with Crippen LogP contribution in [0, 0.1) is 18.8 Å². The molecule has 1 aliphatic rings. The zero-order valence-corrected chi connectivity index (χ0v) is 21.0. The van der Waals surface area contributed by atoms with Crippen LogP contribution in [0.25, 0.3) is 5.70 Å². The van der Waals surface area contributed by atoms with E-state index in [1.165, 1.54) is 43.2 Å². The van der Waals surface area contributed by atoms with Crippen LogP contribution in [0.5, 0.6) is 0 Å². The topological polar surface area (TPSA) is 92.2 Å². The first-order chi connectivity index (χ1) is 15.3.